The molecule has 0 aliphatic carbocycles. The van der Waals surface area contributed by atoms with E-state index in [-0.39, 0.29) is 29.1 Å². The average Bonchev–Trinajstić information content (AvgIpc) is 2.63. The molecule has 5 nitrogen and oxygen atoms in total. The second kappa shape index (κ2) is 6.32. The Hall–Kier alpha value is -0.140. The number of hydrogen-bond acceptors (Lipinski definition) is 5. The topological polar surface area (TPSA) is 80.3 Å². The van der Waals surface area contributed by atoms with E-state index in [1.54, 1.807) is 20.8 Å². The van der Waals surface area contributed by atoms with Crippen molar-refractivity contribution in [3.8, 4) is 0 Å². The van der Waals surface area contributed by atoms with Crippen LogP contribution >= 0.6 is 0 Å². The summed E-state index contributed by atoms with van der Waals surface area (Å²) in [4.78, 5) is 0. The van der Waals surface area contributed by atoms with Crippen LogP contribution in [0.5, 0.6) is 0 Å². The molecule has 0 amide bonds. The maximum absolute atomic E-state index is 12.2. The predicted octanol–water partition coefficient (Wildman–Crippen LogP) is 0.860. The van der Waals surface area contributed by atoms with Gasteiger partial charge in [-0.15, -0.1) is 0 Å². The van der Waals surface area contributed by atoms with Crippen molar-refractivity contribution in [1.29, 1.82) is 0 Å². The molecule has 1 N–H and O–H groups in total. The summed E-state index contributed by atoms with van der Waals surface area (Å²) < 4.78 is 46.7. The van der Waals surface area contributed by atoms with E-state index in [2.05, 4.69) is 5.32 Å². The Kier molecular flexibility index (Phi) is 5.66. The zero-order valence-electron chi connectivity index (χ0n) is 12.8. The Bertz CT molecular complexity index is 517. The van der Waals surface area contributed by atoms with Gasteiger partial charge in [-0.2, -0.15) is 0 Å². The maximum atomic E-state index is 12.2. The minimum absolute atomic E-state index is 0.0858. The summed E-state index contributed by atoms with van der Waals surface area (Å²) in [6.07, 6.45) is 1.19. The van der Waals surface area contributed by atoms with Crippen molar-refractivity contribution in [2.75, 3.05) is 30.9 Å². The molecule has 1 aliphatic heterocycles. The highest BCUT2D eigenvalue weighted by atomic mass is 32.2. The third-order valence-electron chi connectivity index (χ3n) is 4.09. The fraction of sp³-hybridized carbons (Fsp3) is 1.00. The van der Waals surface area contributed by atoms with Crippen LogP contribution in [-0.2, 0) is 19.7 Å². The van der Waals surface area contributed by atoms with Crippen LogP contribution in [0.3, 0.4) is 0 Å². The van der Waals surface area contributed by atoms with Crippen LogP contribution in [0.1, 0.15) is 33.6 Å². The fourth-order valence-corrected chi connectivity index (χ4v) is 5.72. The third kappa shape index (κ3) is 4.70. The molecule has 0 spiro atoms. The molecule has 1 heterocycles. The van der Waals surface area contributed by atoms with Crippen molar-refractivity contribution in [2.45, 2.75) is 38.4 Å². The van der Waals surface area contributed by atoms with Crippen molar-refractivity contribution < 1.29 is 16.8 Å². The normalized spacial score (nSPS) is 24.7. The van der Waals surface area contributed by atoms with Crippen LogP contribution < -0.4 is 5.32 Å². The standard InChI is InChI=1S/C13H27NO4S2/c1-13(2,3)20(17,18)8-6-11(9-14-4)12-5-7-19(15,16)10-12/h11-12,14H,5-10H2,1-4H3. The fourth-order valence-electron chi connectivity index (χ4n) is 2.57. The largest absolute Gasteiger partial charge is 0.319 e. The highest BCUT2D eigenvalue weighted by molar-refractivity contribution is 7.92. The van der Waals surface area contributed by atoms with E-state index in [1.807, 2.05) is 7.05 Å². The molecule has 1 fully saturated rings. The van der Waals surface area contributed by atoms with Gasteiger partial charge in [-0.05, 0) is 59.0 Å². The van der Waals surface area contributed by atoms with E-state index in [9.17, 15) is 16.8 Å². The van der Waals surface area contributed by atoms with Gasteiger partial charge in [-0.25, -0.2) is 16.8 Å². The smallest absolute Gasteiger partial charge is 0.155 e. The first-order valence-corrected chi connectivity index (χ1v) is 10.5. The minimum atomic E-state index is -3.15. The highest BCUT2D eigenvalue weighted by Gasteiger charge is 2.35. The van der Waals surface area contributed by atoms with Gasteiger partial charge >= 0.3 is 0 Å². The Morgan fingerprint density at radius 3 is 2.30 bits per heavy atom. The molecule has 0 aromatic heterocycles. The molecule has 2 unspecified atom stereocenters. The van der Waals surface area contributed by atoms with Gasteiger partial charge in [0.1, 0.15) is 0 Å². The van der Waals surface area contributed by atoms with Crippen LogP contribution in [-0.4, -0.2) is 52.4 Å². The first-order valence-electron chi connectivity index (χ1n) is 7.06. The number of nitrogens with one attached hydrogen (secondary N) is 1. The monoisotopic (exact) mass is 325 g/mol. The van der Waals surface area contributed by atoms with Gasteiger partial charge in [0.15, 0.2) is 19.7 Å². The molecule has 0 saturated carbocycles. The molecular weight excluding hydrogens is 298 g/mol. The molecule has 0 bridgehead atoms. The lowest BCUT2D eigenvalue weighted by molar-refractivity contribution is 0.344. The first kappa shape index (κ1) is 17.9. The quantitative estimate of drug-likeness (QED) is 0.783. The van der Waals surface area contributed by atoms with Crippen LogP contribution in [0.25, 0.3) is 0 Å². The maximum Gasteiger partial charge on any atom is 0.155 e. The molecule has 2 atom stereocenters. The molecule has 0 aromatic carbocycles. The van der Waals surface area contributed by atoms with E-state index in [0.29, 0.717) is 19.4 Å². The SMILES string of the molecule is CNCC(CCS(=O)(=O)C(C)(C)C)C1CCS(=O)(=O)C1. The molecule has 20 heavy (non-hydrogen) atoms. The van der Waals surface area contributed by atoms with Gasteiger partial charge < -0.3 is 5.32 Å². The Balaban J connectivity index is 2.70. The van der Waals surface area contributed by atoms with Crippen LogP contribution in [0.15, 0.2) is 0 Å². The van der Waals surface area contributed by atoms with Crippen molar-refractivity contribution in [2.24, 2.45) is 11.8 Å². The molecule has 1 rings (SSSR count). The van der Waals surface area contributed by atoms with Gasteiger partial charge in [-0.1, -0.05) is 0 Å². The summed E-state index contributed by atoms with van der Waals surface area (Å²) in [6, 6.07) is 0. The molecular formula is C13H27NO4S2. The van der Waals surface area contributed by atoms with Crippen molar-refractivity contribution >= 4 is 19.7 Å². The lowest BCUT2D eigenvalue weighted by Crippen LogP contribution is -2.34. The van der Waals surface area contributed by atoms with E-state index >= 15 is 0 Å². The lowest BCUT2D eigenvalue weighted by atomic mass is 9.89. The van der Waals surface area contributed by atoms with E-state index in [1.165, 1.54) is 0 Å². The van der Waals surface area contributed by atoms with Gasteiger partial charge in [0.2, 0.25) is 0 Å². The van der Waals surface area contributed by atoms with E-state index in [0.717, 1.165) is 0 Å². The second-order valence-electron chi connectivity index (χ2n) is 6.70. The van der Waals surface area contributed by atoms with Crippen LogP contribution in [0.2, 0.25) is 0 Å². The molecule has 1 aliphatic rings. The van der Waals surface area contributed by atoms with Gasteiger partial charge in [0.25, 0.3) is 0 Å². The summed E-state index contributed by atoms with van der Waals surface area (Å²) in [7, 11) is -4.25. The van der Waals surface area contributed by atoms with Gasteiger partial charge in [0.05, 0.1) is 22.0 Å². The molecule has 1 saturated heterocycles. The molecule has 7 heteroatoms. The molecule has 0 radical (unpaired) electrons. The van der Waals surface area contributed by atoms with E-state index in [4.69, 9.17) is 0 Å². The van der Waals surface area contributed by atoms with Gasteiger partial charge in [-0.3, -0.25) is 0 Å². The number of rotatable bonds is 6. The highest BCUT2D eigenvalue weighted by Crippen LogP contribution is 2.29. The summed E-state index contributed by atoms with van der Waals surface area (Å²) in [6.45, 7) is 5.78. The first-order chi connectivity index (χ1) is 8.98. The number of hydrogen-bond donors (Lipinski definition) is 1. The predicted molar refractivity (Wildman–Crippen MR) is 82.3 cm³/mol. The average molecular weight is 325 g/mol. The molecule has 120 valence electrons. The lowest BCUT2D eigenvalue weighted by Gasteiger charge is -2.25. The van der Waals surface area contributed by atoms with Gasteiger partial charge in [0, 0.05) is 0 Å². The zero-order valence-corrected chi connectivity index (χ0v) is 14.5. The summed E-state index contributed by atoms with van der Waals surface area (Å²) >= 11 is 0. The van der Waals surface area contributed by atoms with Crippen molar-refractivity contribution in [3.63, 3.8) is 0 Å². The van der Waals surface area contributed by atoms with Crippen molar-refractivity contribution in [1.82, 2.24) is 5.32 Å². The zero-order chi connectivity index (χ0) is 15.6. The Labute approximate surface area is 123 Å². The number of sulfone groups is 2. The van der Waals surface area contributed by atoms with Crippen molar-refractivity contribution in [3.05, 3.63) is 0 Å². The second-order valence-corrected chi connectivity index (χ2v) is 11.8. The Morgan fingerprint density at radius 1 is 1.30 bits per heavy atom. The summed E-state index contributed by atoms with van der Waals surface area (Å²) in [5.74, 6) is 0.759. The minimum Gasteiger partial charge on any atom is -0.319 e. The Morgan fingerprint density at radius 2 is 1.90 bits per heavy atom. The molecule has 0 aromatic rings. The van der Waals surface area contributed by atoms with E-state index < -0.39 is 24.4 Å². The van der Waals surface area contributed by atoms with Crippen LogP contribution in [0.4, 0.5) is 0 Å². The third-order valence-corrected chi connectivity index (χ3v) is 8.52. The summed E-state index contributed by atoms with van der Waals surface area (Å²) in [5, 5.41) is 3.06. The summed E-state index contributed by atoms with van der Waals surface area (Å²) in [5.41, 5.74) is 0. The van der Waals surface area contributed by atoms with Crippen LogP contribution in [0, 0.1) is 11.8 Å².